The third-order valence-electron chi connectivity index (χ3n) is 14.4. The molecule has 0 aliphatic heterocycles. The molecule has 91 heavy (non-hydrogen) atoms. The molecule has 27 heteroatoms. The first-order valence-electron chi connectivity index (χ1n) is 28.5. The van der Waals surface area contributed by atoms with E-state index in [9.17, 15) is 39.6 Å². The predicted octanol–water partition coefficient (Wildman–Crippen LogP) is 10.4. The van der Waals surface area contributed by atoms with Crippen molar-refractivity contribution in [1.82, 2.24) is 55.1 Å². The fraction of sp³-hybridized carbons (Fsp3) is 0.203. The van der Waals surface area contributed by atoms with Gasteiger partial charge in [-0.15, -0.1) is 0 Å². The second kappa shape index (κ2) is 27.3. The van der Waals surface area contributed by atoms with Crippen molar-refractivity contribution in [3.63, 3.8) is 0 Å². The maximum atomic E-state index is 12.8. The lowest BCUT2D eigenvalue weighted by Crippen LogP contribution is -2.31. The number of hydrogen-bond acceptors (Lipinski definition) is 18. The Kier molecular flexibility index (Phi) is 19.5. The van der Waals surface area contributed by atoms with Crippen LogP contribution in [0.15, 0.2) is 173 Å². The quantitative estimate of drug-likeness (QED) is 0.0393. The van der Waals surface area contributed by atoms with Crippen LogP contribution in [0.3, 0.4) is 0 Å². The van der Waals surface area contributed by atoms with Gasteiger partial charge in [0.05, 0.1) is 94.2 Å². The molecule has 6 aromatic heterocycles. The summed E-state index contributed by atoms with van der Waals surface area (Å²) < 4.78 is 73.9. The van der Waals surface area contributed by atoms with Crippen LogP contribution in [0.1, 0.15) is 78.3 Å². The molecule has 11 rings (SSSR count). The number of fused-ring (bicyclic) bond motifs is 3. The van der Waals surface area contributed by atoms with E-state index in [1.54, 1.807) is 200 Å². The van der Waals surface area contributed by atoms with Gasteiger partial charge in [-0.2, -0.15) is 0 Å². The van der Waals surface area contributed by atoms with Crippen LogP contribution in [-0.4, -0.2) is 136 Å². The molecule has 0 saturated carbocycles. The number of para-hydroxylation sites is 2. The normalized spacial score (nSPS) is 11.8. The molecule has 24 nitrogen and oxygen atoms in total. The number of nitrogen functional groups attached to an aromatic ring is 2. The summed E-state index contributed by atoms with van der Waals surface area (Å²) in [6.07, 6.45) is 9.43. The van der Waals surface area contributed by atoms with Gasteiger partial charge < -0.3 is 47.3 Å². The molecule has 0 atom stereocenters. The van der Waals surface area contributed by atoms with Crippen molar-refractivity contribution in [2.45, 2.75) is 72.0 Å². The topological polar surface area (TPSA) is 370 Å². The SMILES string of the molecule is CC(C)S(=O)(=O)c1ccc(-c2cnc3[nH]cc(C(=O)NCCN(C)C)c3n2)cc1.CC(C)S(=O)(=O)c1ccc(-c2cnc3[nH]cc(C(=O)Nc4cccc(N)c4)c3n2)cc1.CC(C)S(=O)(=O)c1ccc(-c2cnc3[nH]cc(C(=O)Nc4ccccc4N)c3n2)cc1.[HH].[HH].[HH].[HH]. The molecule has 3 amide bonds. The lowest BCUT2D eigenvalue weighted by molar-refractivity contribution is 0.0950. The maximum Gasteiger partial charge on any atom is 0.259 e. The Balaban J connectivity index is 0.000000253. The van der Waals surface area contributed by atoms with Crippen LogP contribution in [0, 0.1) is 0 Å². The van der Waals surface area contributed by atoms with Gasteiger partial charge in [-0.1, -0.05) is 54.6 Å². The van der Waals surface area contributed by atoms with Crippen molar-refractivity contribution in [3.8, 4) is 33.8 Å². The van der Waals surface area contributed by atoms with E-state index in [-0.39, 0.29) is 38.1 Å². The molecule has 0 aliphatic carbocycles. The third-order valence-corrected chi connectivity index (χ3v) is 20.9. The minimum atomic E-state index is -3.36. The minimum Gasteiger partial charge on any atom is -0.399 e. The van der Waals surface area contributed by atoms with Crippen LogP contribution in [0.4, 0.5) is 22.7 Å². The Morgan fingerprint density at radius 3 is 1.23 bits per heavy atom. The number of nitrogens with two attached hydrogens (primary N) is 2. The molecular weight excluding hydrogens is 1220 g/mol. The number of carbonyl (C=O) groups is 3. The summed E-state index contributed by atoms with van der Waals surface area (Å²) in [5, 5.41) is 6.95. The maximum absolute atomic E-state index is 12.8. The number of nitrogens with one attached hydrogen (secondary N) is 6. The zero-order valence-electron chi connectivity index (χ0n) is 50.8. The summed E-state index contributed by atoms with van der Waals surface area (Å²) in [5.74, 6) is -0.932. The number of anilines is 4. The first kappa shape index (κ1) is 65.2. The van der Waals surface area contributed by atoms with Gasteiger partial charge in [0.1, 0.15) is 16.6 Å². The van der Waals surface area contributed by atoms with Crippen molar-refractivity contribution in [3.05, 3.63) is 175 Å². The van der Waals surface area contributed by atoms with Crippen molar-refractivity contribution in [2.75, 3.05) is 49.3 Å². The zero-order chi connectivity index (χ0) is 65.5. The smallest absolute Gasteiger partial charge is 0.259 e. The molecule has 0 saturated heterocycles. The average Bonchev–Trinajstić information content (AvgIpc) is 1.71. The number of amides is 3. The summed E-state index contributed by atoms with van der Waals surface area (Å²) in [6, 6.07) is 33.4. The molecule has 11 aromatic rings. The van der Waals surface area contributed by atoms with E-state index < -0.39 is 45.3 Å². The molecular formula is C64H75N15O9S3. The summed E-state index contributed by atoms with van der Waals surface area (Å²) in [5.41, 5.74) is 21.3. The van der Waals surface area contributed by atoms with Crippen LogP contribution in [-0.2, 0) is 29.5 Å². The Hall–Kier alpha value is -10.2. The number of hydrogen-bond donors (Lipinski definition) is 8. The summed E-state index contributed by atoms with van der Waals surface area (Å²) in [6.45, 7) is 11.1. The fourth-order valence-corrected chi connectivity index (χ4v) is 12.2. The second-order valence-electron chi connectivity index (χ2n) is 22.0. The van der Waals surface area contributed by atoms with Gasteiger partial charge in [0.15, 0.2) is 46.5 Å². The summed E-state index contributed by atoms with van der Waals surface area (Å²) in [4.78, 5) is 76.4. The number of sulfone groups is 3. The van der Waals surface area contributed by atoms with E-state index in [0.29, 0.717) is 108 Å². The number of carbonyl (C=O) groups excluding carboxylic acids is 3. The van der Waals surface area contributed by atoms with E-state index >= 15 is 0 Å². The number of nitrogens with zero attached hydrogens (tertiary/aromatic N) is 7. The van der Waals surface area contributed by atoms with Gasteiger partial charge in [0, 0.05) is 65.5 Å². The number of aromatic nitrogens is 9. The number of benzene rings is 5. The molecule has 6 heterocycles. The first-order chi connectivity index (χ1) is 43.2. The standard InChI is InChI=1S/2C22H21N5O3S.C20H25N5O3S.4H2/c1-13(2)31(29,30)17-8-6-14(7-9-17)19-12-25-21-20(27-19)18(11-24-21)22(28)26-16-5-3-4-15(23)10-16;1-13(2)31(29,30)15-9-7-14(8-10-15)19-12-25-21-20(26-19)16(11-24-21)22(28)27-18-6-4-3-5-17(18)23;1-13(2)29(27,28)15-7-5-14(6-8-15)17-12-23-19-18(24-17)16(11-22-19)20(26)21-9-10-25(3)4;;;;/h3-13H,23H2,1-2H3,(H,24,25)(H,26,28);3-13H,23H2,1-2H3,(H,24,25)(H,27,28);5-8,11-13H,9-10H2,1-4H3,(H,21,26)(H,22,23);4*1H. The Morgan fingerprint density at radius 2 is 0.868 bits per heavy atom. The molecule has 0 bridgehead atoms. The van der Waals surface area contributed by atoms with Gasteiger partial charge in [0.25, 0.3) is 17.7 Å². The highest BCUT2D eigenvalue weighted by atomic mass is 32.2. The number of H-pyrrole nitrogens is 3. The van der Waals surface area contributed by atoms with Gasteiger partial charge in [0.2, 0.25) is 0 Å². The third kappa shape index (κ3) is 14.8. The fourth-order valence-electron chi connectivity index (χ4n) is 8.98. The van der Waals surface area contributed by atoms with Crippen LogP contribution in [0.2, 0.25) is 0 Å². The molecule has 478 valence electrons. The predicted molar refractivity (Wildman–Crippen MR) is 362 cm³/mol. The van der Waals surface area contributed by atoms with Gasteiger partial charge in [-0.05, 0) is 122 Å². The molecule has 0 fully saturated rings. The van der Waals surface area contributed by atoms with Crippen LogP contribution >= 0.6 is 0 Å². The lowest BCUT2D eigenvalue weighted by atomic mass is 10.1. The summed E-state index contributed by atoms with van der Waals surface area (Å²) >= 11 is 0. The van der Waals surface area contributed by atoms with Crippen LogP contribution in [0.5, 0.6) is 0 Å². The van der Waals surface area contributed by atoms with E-state index in [4.69, 9.17) is 11.5 Å². The molecule has 5 aromatic carbocycles. The van der Waals surface area contributed by atoms with Crippen molar-refractivity contribution >= 4 is 103 Å². The molecule has 0 aliphatic rings. The average molecular weight is 1290 g/mol. The molecule has 0 spiro atoms. The van der Waals surface area contributed by atoms with Crippen molar-refractivity contribution < 1.29 is 45.3 Å². The summed E-state index contributed by atoms with van der Waals surface area (Å²) in [7, 11) is -6.17. The highest BCUT2D eigenvalue weighted by Gasteiger charge is 2.24. The van der Waals surface area contributed by atoms with Gasteiger partial charge in [-0.3, -0.25) is 14.4 Å². The zero-order valence-corrected chi connectivity index (χ0v) is 53.3. The molecule has 0 radical (unpaired) electrons. The minimum absolute atomic E-state index is 0. The largest absolute Gasteiger partial charge is 0.399 e. The van der Waals surface area contributed by atoms with E-state index in [0.717, 1.165) is 12.1 Å². The highest BCUT2D eigenvalue weighted by molar-refractivity contribution is 7.92. The van der Waals surface area contributed by atoms with Gasteiger partial charge >= 0.3 is 0 Å². The first-order valence-corrected chi connectivity index (χ1v) is 33.2. The Labute approximate surface area is 531 Å². The van der Waals surface area contributed by atoms with Crippen molar-refractivity contribution in [1.29, 1.82) is 0 Å². The second-order valence-corrected chi connectivity index (χ2v) is 29.5. The van der Waals surface area contributed by atoms with Crippen LogP contribution < -0.4 is 27.4 Å². The van der Waals surface area contributed by atoms with E-state index in [1.165, 1.54) is 0 Å². The molecule has 10 N–H and O–H groups in total. The van der Waals surface area contributed by atoms with Crippen molar-refractivity contribution in [2.24, 2.45) is 0 Å². The highest BCUT2D eigenvalue weighted by Crippen LogP contribution is 2.29. The van der Waals surface area contributed by atoms with Gasteiger partial charge in [-0.25, -0.2) is 55.2 Å². The Bertz CT molecular complexity index is 4860. The van der Waals surface area contributed by atoms with E-state index in [1.807, 2.05) is 19.0 Å². The van der Waals surface area contributed by atoms with Crippen LogP contribution in [0.25, 0.3) is 67.3 Å². The Morgan fingerprint density at radius 1 is 0.495 bits per heavy atom. The number of aromatic amines is 3. The number of likely N-dealkylation sites (N-methyl/N-ethyl adjacent to an activating group) is 1. The lowest BCUT2D eigenvalue weighted by Gasteiger charge is -2.10. The monoisotopic (exact) mass is 1290 g/mol. The molecule has 0 unspecified atom stereocenters. The number of rotatable bonds is 17. The van der Waals surface area contributed by atoms with E-state index in [2.05, 4.69) is 60.8 Å².